The van der Waals surface area contributed by atoms with Crippen LogP contribution < -0.4 is 4.74 Å². The fourth-order valence-corrected chi connectivity index (χ4v) is 4.23. The third-order valence-corrected chi connectivity index (χ3v) is 5.10. The van der Waals surface area contributed by atoms with Crippen LogP contribution in [0, 0.1) is 0 Å². The average Bonchev–Trinajstić information content (AvgIpc) is 2.71. The summed E-state index contributed by atoms with van der Waals surface area (Å²) in [4.78, 5) is 24.8. The highest BCUT2D eigenvalue weighted by molar-refractivity contribution is 9.10. The lowest BCUT2D eigenvalue weighted by Gasteiger charge is -2.10. The van der Waals surface area contributed by atoms with Gasteiger partial charge in [0.1, 0.15) is 4.32 Å². The van der Waals surface area contributed by atoms with Crippen molar-refractivity contribution < 1.29 is 19.4 Å². The van der Waals surface area contributed by atoms with E-state index in [2.05, 4.69) is 15.9 Å². The van der Waals surface area contributed by atoms with E-state index in [4.69, 9.17) is 33.7 Å². The Bertz CT molecular complexity index is 700. The first-order valence-electron chi connectivity index (χ1n) is 6.42. The lowest BCUT2D eigenvalue weighted by molar-refractivity contribution is -0.139. The molecule has 1 aromatic rings. The molecule has 122 valence electrons. The second kappa shape index (κ2) is 7.65. The van der Waals surface area contributed by atoms with Crippen molar-refractivity contribution in [1.82, 2.24) is 4.90 Å². The van der Waals surface area contributed by atoms with E-state index >= 15 is 0 Å². The maximum absolute atomic E-state index is 12.2. The molecule has 0 aromatic heterocycles. The number of thiocarbonyl (C=S) groups is 1. The average molecular weight is 437 g/mol. The molecule has 1 saturated heterocycles. The summed E-state index contributed by atoms with van der Waals surface area (Å²) in [6.45, 7) is 1.89. The fraction of sp³-hybridized carbons (Fsp3) is 0.214. The van der Waals surface area contributed by atoms with Crippen LogP contribution in [0.2, 0.25) is 5.02 Å². The zero-order chi connectivity index (χ0) is 17.1. The molecule has 2 rings (SSSR count). The standard InChI is InChI=1S/C14H11BrClNO4S2/c1-2-17-13(20)10(23-14(17)22)5-7-3-8(15)12(9(16)4-7)21-6-11(18)19/h3-5H,2,6H2,1H3,(H,18,19). The Morgan fingerprint density at radius 2 is 2.26 bits per heavy atom. The van der Waals surface area contributed by atoms with E-state index < -0.39 is 12.6 Å². The molecule has 1 heterocycles. The van der Waals surface area contributed by atoms with Crippen LogP contribution >= 0.6 is 51.5 Å². The van der Waals surface area contributed by atoms with Gasteiger partial charge in [0, 0.05) is 6.54 Å². The molecule has 23 heavy (non-hydrogen) atoms. The number of nitrogens with zero attached hydrogens (tertiary/aromatic N) is 1. The summed E-state index contributed by atoms with van der Waals surface area (Å²) in [7, 11) is 0. The second-order valence-corrected chi connectivity index (χ2v) is 7.36. The Morgan fingerprint density at radius 3 is 2.78 bits per heavy atom. The molecule has 1 N–H and O–H groups in total. The summed E-state index contributed by atoms with van der Waals surface area (Å²) < 4.78 is 6.15. The molecule has 0 atom stereocenters. The fourth-order valence-electron chi connectivity index (χ4n) is 1.86. The number of amides is 1. The van der Waals surface area contributed by atoms with E-state index in [-0.39, 0.29) is 16.7 Å². The van der Waals surface area contributed by atoms with Crippen molar-refractivity contribution in [2.75, 3.05) is 13.2 Å². The Morgan fingerprint density at radius 1 is 1.57 bits per heavy atom. The SMILES string of the molecule is CCN1C(=O)C(=Cc2cc(Cl)c(OCC(=O)O)c(Br)c2)SC1=S. The molecule has 1 aromatic carbocycles. The molecule has 1 fully saturated rings. The molecule has 1 amide bonds. The number of hydrogen-bond acceptors (Lipinski definition) is 5. The molecule has 0 saturated carbocycles. The van der Waals surface area contributed by atoms with Crippen LogP contribution in [0.3, 0.4) is 0 Å². The molecular weight excluding hydrogens is 426 g/mol. The van der Waals surface area contributed by atoms with Gasteiger partial charge in [0.2, 0.25) is 0 Å². The number of rotatable bonds is 5. The smallest absolute Gasteiger partial charge is 0.341 e. The van der Waals surface area contributed by atoms with Gasteiger partial charge in [-0.25, -0.2) is 4.79 Å². The van der Waals surface area contributed by atoms with Gasteiger partial charge in [-0.1, -0.05) is 35.6 Å². The maximum Gasteiger partial charge on any atom is 0.341 e. The molecule has 0 spiro atoms. The topological polar surface area (TPSA) is 66.8 Å². The molecule has 5 nitrogen and oxygen atoms in total. The van der Waals surface area contributed by atoms with Gasteiger partial charge in [0.05, 0.1) is 14.4 Å². The summed E-state index contributed by atoms with van der Waals surface area (Å²) in [5, 5.41) is 8.90. The normalized spacial score (nSPS) is 16.3. The number of halogens is 2. The first-order valence-corrected chi connectivity index (χ1v) is 8.82. The van der Waals surface area contributed by atoms with E-state index in [1.54, 1.807) is 18.2 Å². The molecule has 1 aliphatic heterocycles. The first kappa shape index (κ1) is 18.3. The minimum atomic E-state index is -1.10. The molecular formula is C14H11BrClNO4S2. The Kier molecular flexibility index (Phi) is 6.07. The van der Waals surface area contributed by atoms with Crippen LogP contribution in [-0.4, -0.2) is 39.4 Å². The highest BCUT2D eigenvalue weighted by Gasteiger charge is 2.30. The first-order chi connectivity index (χ1) is 10.8. The molecule has 0 aliphatic carbocycles. The van der Waals surface area contributed by atoms with Gasteiger partial charge in [0.25, 0.3) is 5.91 Å². The summed E-state index contributed by atoms with van der Waals surface area (Å²) in [6.07, 6.45) is 1.69. The van der Waals surface area contributed by atoms with Crippen LogP contribution in [0.25, 0.3) is 6.08 Å². The number of carbonyl (C=O) groups is 2. The number of hydrogen-bond donors (Lipinski definition) is 1. The highest BCUT2D eigenvalue weighted by Crippen LogP contribution is 2.37. The van der Waals surface area contributed by atoms with E-state index in [9.17, 15) is 9.59 Å². The van der Waals surface area contributed by atoms with Crippen molar-refractivity contribution in [3.05, 3.63) is 32.1 Å². The Labute approximate surface area is 155 Å². The van der Waals surface area contributed by atoms with Crippen LogP contribution in [-0.2, 0) is 9.59 Å². The predicted molar refractivity (Wildman–Crippen MR) is 97.8 cm³/mol. The summed E-state index contributed by atoms with van der Waals surface area (Å²) >= 11 is 15.8. The summed E-state index contributed by atoms with van der Waals surface area (Å²) in [6, 6.07) is 3.30. The van der Waals surface area contributed by atoms with Crippen molar-refractivity contribution >= 4 is 73.8 Å². The van der Waals surface area contributed by atoms with E-state index in [0.717, 1.165) is 0 Å². The number of aliphatic carboxylic acids is 1. The van der Waals surface area contributed by atoms with Crippen LogP contribution in [0.5, 0.6) is 5.75 Å². The number of carboxylic acid groups (broad SMARTS) is 1. The van der Waals surface area contributed by atoms with Gasteiger partial charge in [0.15, 0.2) is 12.4 Å². The number of benzene rings is 1. The quantitative estimate of drug-likeness (QED) is 0.559. The molecule has 9 heteroatoms. The van der Waals surface area contributed by atoms with Crippen molar-refractivity contribution in [3.8, 4) is 5.75 Å². The van der Waals surface area contributed by atoms with Crippen LogP contribution in [0.1, 0.15) is 12.5 Å². The van der Waals surface area contributed by atoms with Gasteiger partial charge in [-0.2, -0.15) is 0 Å². The number of ether oxygens (including phenoxy) is 1. The Balaban J connectivity index is 2.28. The predicted octanol–water partition coefficient (Wildman–Crippen LogP) is 3.79. The van der Waals surface area contributed by atoms with E-state index in [0.29, 0.717) is 25.8 Å². The number of thioether (sulfide) groups is 1. The minimum absolute atomic E-state index is 0.138. The van der Waals surface area contributed by atoms with Crippen LogP contribution in [0.15, 0.2) is 21.5 Å². The van der Waals surface area contributed by atoms with Gasteiger partial charge >= 0.3 is 5.97 Å². The van der Waals surface area contributed by atoms with Crippen molar-refractivity contribution in [1.29, 1.82) is 0 Å². The number of likely N-dealkylation sites (N-methyl/N-ethyl adjacent to an activating group) is 1. The summed E-state index contributed by atoms with van der Waals surface area (Å²) in [5.74, 6) is -0.992. The summed E-state index contributed by atoms with van der Waals surface area (Å²) in [5.41, 5.74) is 0.682. The van der Waals surface area contributed by atoms with E-state index in [1.807, 2.05) is 6.92 Å². The van der Waals surface area contributed by atoms with E-state index in [1.165, 1.54) is 16.7 Å². The molecule has 0 radical (unpaired) electrons. The zero-order valence-electron chi connectivity index (χ0n) is 11.8. The van der Waals surface area contributed by atoms with Crippen molar-refractivity contribution in [3.63, 3.8) is 0 Å². The van der Waals surface area contributed by atoms with Crippen LogP contribution in [0.4, 0.5) is 0 Å². The number of carboxylic acids is 1. The third kappa shape index (κ3) is 4.26. The Hall–Kier alpha value is -1.09. The zero-order valence-corrected chi connectivity index (χ0v) is 15.8. The third-order valence-electron chi connectivity index (χ3n) is 2.85. The highest BCUT2D eigenvalue weighted by atomic mass is 79.9. The van der Waals surface area contributed by atoms with Gasteiger partial charge in [-0.3, -0.25) is 9.69 Å². The lowest BCUT2D eigenvalue weighted by atomic mass is 10.2. The number of carbonyl (C=O) groups excluding carboxylic acids is 1. The lowest BCUT2D eigenvalue weighted by Crippen LogP contribution is -2.27. The minimum Gasteiger partial charge on any atom is -0.479 e. The van der Waals surface area contributed by atoms with Crippen molar-refractivity contribution in [2.24, 2.45) is 0 Å². The van der Waals surface area contributed by atoms with Crippen molar-refractivity contribution in [2.45, 2.75) is 6.92 Å². The second-order valence-electron chi connectivity index (χ2n) is 4.42. The maximum atomic E-state index is 12.2. The van der Waals surface area contributed by atoms with Gasteiger partial charge < -0.3 is 9.84 Å². The monoisotopic (exact) mass is 435 g/mol. The molecule has 0 unspecified atom stereocenters. The largest absolute Gasteiger partial charge is 0.479 e. The van der Waals surface area contributed by atoms with Gasteiger partial charge in [-0.05, 0) is 46.6 Å². The molecule has 0 bridgehead atoms. The van der Waals surface area contributed by atoms with Gasteiger partial charge in [-0.15, -0.1) is 0 Å². The molecule has 1 aliphatic rings.